The van der Waals surface area contributed by atoms with E-state index in [1.165, 1.54) is 0 Å². The topological polar surface area (TPSA) is 21.3 Å². The molecule has 0 aromatic heterocycles. The summed E-state index contributed by atoms with van der Waals surface area (Å²) in [5.74, 6) is 0.788. The Morgan fingerprint density at radius 2 is 1.65 bits per heavy atom. The van der Waals surface area contributed by atoms with Gasteiger partial charge in [0.05, 0.1) is 6.04 Å². The molecule has 23 heavy (non-hydrogen) atoms. The molecule has 0 spiro atoms. The van der Waals surface area contributed by atoms with Gasteiger partial charge in [0.25, 0.3) is 0 Å². The van der Waals surface area contributed by atoms with Crippen LogP contribution in [0.15, 0.2) is 54.6 Å². The second-order valence-electron chi connectivity index (χ2n) is 5.27. The SMILES string of the molecule is CCCNC(c1ccc(OCc2ccccc2)cc1)C(Cl)(Cl)Cl. The monoisotopic (exact) mass is 371 g/mol. The summed E-state index contributed by atoms with van der Waals surface area (Å²) in [5.41, 5.74) is 2.05. The van der Waals surface area contributed by atoms with Crippen LogP contribution in [0.4, 0.5) is 0 Å². The number of nitrogens with one attached hydrogen (secondary N) is 1. The van der Waals surface area contributed by atoms with Crippen molar-refractivity contribution >= 4 is 34.8 Å². The smallest absolute Gasteiger partial charge is 0.209 e. The van der Waals surface area contributed by atoms with Crippen LogP contribution in [-0.2, 0) is 6.61 Å². The minimum Gasteiger partial charge on any atom is -0.489 e. The van der Waals surface area contributed by atoms with E-state index in [2.05, 4.69) is 12.2 Å². The molecule has 2 rings (SSSR count). The zero-order valence-electron chi connectivity index (χ0n) is 12.9. The summed E-state index contributed by atoms with van der Waals surface area (Å²) < 4.78 is 4.37. The van der Waals surface area contributed by atoms with Crippen molar-refractivity contribution in [2.45, 2.75) is 29.8 Å². The quantitative estimate of drug-likeness (QED) is 0.632. The largest absolute Gasteiger partial charge is 0.489 e. The van der Waals surface area contributed by atoms with E-state index in [1.807, 2.05) is 54.6 Å². The van der Waals surface area contributed by atoms with Gasteiger partial charge >= 0.3 is 0 Å². The number of alkyl halides is 3. The molecule has 0 amide bonds. The number of ether oxygens (including phenoxy) is 1. The standard InChI is InChI=1S/C18H20Cl3NO/c1-2-12-22-17(18(19,20)21)15-8-10-16(11-9-15)23-13-14-6-4-3-5-7-14/h3-11,17,22H,2,12-13H2,1H3. The Morgan fingerprint density at radius 3 is 2.22 bits per heavy atom. The van der Waals surface area contributed by atoms with Crippen molar-refractivity contribution in [1.82, 2.24) is 5.32 Å². The number of halogens is 3. The van der Waals surface area contributed by atoms with Gasteiger partial charge in [0.2, 0.25) is 3.79 Å². The van der Waals surface area contributed by atoms with Gasteiger partial charge in [0, 0.05) is 0 Å². The molecule has 2 aromatic rings. The maximum atomic E-state index is 6.09. The van der Waals surface area contributed by atoms with Gasteiger partial charge in [0.1, 0.15) is 12.4 Å². The van der Waals surface area contributed by atoms with Crippen molar-refractivity contribution in [3.63, 3.8) is 0 Å². The molecule has 0 radical (unpaired) electrons. The second-order valence-corrected chi connectivity index (χ2v) is 7.64. The van der Waals surface area contributed by atoms with Gasteiger partial charge in [0.15, 0.2) is 0 Å². The van der Waals surface area contributed by atoms with Crippen molar-refractivity contribution in [2.75, 3.05) is 6.54 Å². The van der Waals surface area contributed by atoms with E-state index in [9.17, 15) is 0 Å². The minimum absolute atomic E-state index is 0.351. The first kappa shape index (κ1) is 18.4. The third-order valence-electron chi connectivity index (χ3n) is 3.39. The van der Waals surface area contributed by atoms with Gasteiger partial charge in [-0.1, -0.05) is 84.2 Å². The first-order valence-corrected chi connectivity index (χ1v) is 8.71. The van der Waals surface area contributed by atoms with Crippen LogP contribution < -0.4 is 10.1 Å². The summed E-state index contributed by atoms with van der Waals surface area (Å²) >= 11 is 18.3. The molecule has 0 aliphatic carbocycles. The molecule has 0 fully saturated rings. The van der Waals surface area contributed by atoms with Crippen LogP contribution in [0, 0.1) is 0 Å². The molecular formula is C18H20Cl3NO. The Kier molecular flexibility index (Phi) is 7.04. The maximum Gasteiger partial charge on any atom is 0.209 e. The first-order valence-electron chi connectivity index (χ1n) is 7.57. The van der Waals surface area contributed by atoms with E-state index in [0.29, 0.717) is 6.61 Å². The molecular weight excluding hydrogens is 353 g/mol. The van der Waals surface area contributed by atoms with Crippen LogP contribution >= 0.6 is 34.8 Å². The van der Waals surface area contributed by atoms with E-state index < -0.39 is 3.79 Å². The number of rotatable bonds is 7. The van der Waals surface area contributed by atoms with Crippen LogP contribution in [0.5, 0.6) is 5.75 Å². The summed E-state index contributed by atoms with van der Waals surface area (Å²) in [5, 5.41) is 3.27. The van der Waals surface area contributed by atoms with Crippen LogP contribution in [0.25, 0.3) is 0 Å². The molecule has 1 atom stereocenters. The Hall–Kier alpha value is -0.930. The summed E-state index contributed by atoms with van der Waals surface area (Å²) in [4.78, 5) is 0. The zero-order chi connectivity index (χ0) is 16.7. The maximum absolute atomic E-state index is 6.09. The molecule has 2 nitrogen and oxygen atoms in total. The predicted octanol–water partition coefficient (Wildman–Crippen LogP) is 5.68. The van der Waals surface area contributed by atoms with E-state index in [4.69, 9.17) is 39.5 Å². The van der Waals surface area contributed by atoms with E-state index in [-0.39, 0.29) is 6.04 Å². The molecule has 0 saturated heterocycles. The van der Waals surface area contributed by atoms with E-state index in [0.717, 1.165) is 29.8 Å². The van der Waals surface area contributed by atoms with Crippen molar-refractivity contribution in [3.05, 3.63) is 65.7 Å². The Labute approximate surface area is 152 Å². The minimum atomic E-state index is -1.40. The summed E-state index contributed by atoms with van der Waals surface area (Å²) in [6.07, 6.45) is 0.968. The van der Waals surface area contributed by atoms with Crippen molar-refractivity contribution in [1.29, 1.82) is 0 Å². The van der Waals surface area contributed by atoms with Crippen molar-refractivity contribution in [2.24, 2.45) is 0 Å². The molecule has 1 unspecified atom stereocenters. The van der Waals surface area contributed by atoms with Gasteiger partial charge in [-0.2, -0.15) is 0 Å². The van der Waals surface area contributed by atoms with E-state index >= 15 is 0 Å². The second kappa shape index (κ2) is 8.79. The third kappa shape index (κ3) is 5.89. The Balaban J connectivity index is 2.02. The average Bonchev–Trinajstić information content (AvgIpc) is 2.54. The summed E-state index contributed by atoms with van der Waals surface area (Å²) in [6.45, 7) is 3.38. The van der Waals surface area contributed by atoms with E-state index in [1.54, 1.807) is 0 Å². The molecule has 0 aliphatic rings. The Morgan fingerprint density at radius 1 is 1.00 bits per heavy atom. The normalized spacial score (nSPS) is 12.9. The Bertz CT molecular complexity index is 581. The van der Waals surface area contributed by atoms with Crippen LogP contribution in [0.3, 0.4) is 0 Å². The highest BCUT2D eigenvalue weighted by Gasteiger charge is 2.33. The fraction of sp³-hybridized carbons (Fsp3) is 0.333. The molecule has 124 valence electrons. The van der Waals surface area contributed by atoms with Crippen LogP contribution in [-0.4, -0.2) is 10.3 Å². The molecule has 2 aromatic carbocycles. The van der Waals surface area contributed by atoms with Crippen molar-refractivity contribution in [3.8, 4) is 5.75 Å². The van der Waals surface area contributed by atoms with Gasteiger partial charge in [-0.15, -0.1) is 0 Å². The lowest BCUT2D eigenvalue weighted by Gasteiger charge is -2.26. The van der Waals surface area contributed by atoms with Gasteiger partial charge in [-0.3, -0.25) is 0 Å². The fourth-order valence-electron chi connectivity index (χ4n) is 2.21. The van der Waals surface area contributed by atoms with Crippen LogP contribution in [0.1, 0.15) is 30.5 Å². The highest BCUT2D eigenvalue weighted by molar-refractivity contribution is 6.68. The molecule has 0 aliphatic heterocycles. The average molecular weight is 373 g/mol. The fourth-order valence-corrected chi connectivity index (χ4v) is 2.82. The molecule has 5 heteroatoms. The number of hydrogen-bond acceptors (Lipinski definition) is 2. The lowest BCUT2D eigenvalue weighted by molar-refractivity contribution is 0.306. The third-order valence-corrected chi connectivity index (χ3v) is 4.04. The molecule has 0 bridgehead atoms. The predicted molar refractivity (Wildman–Crippen MR) is 98.5 cm³/mol. The summed E-state index contributed by atoms with van der Waals surface area (Å²) in [7, 11) is 0. The van der Waals surface area contributed by atoms with Gasteiger partial charge in [-0.25, -0.2) is 0 Å². The van der Waals surface area contributed by atoms with Crippen LogP contribution in [0.2, 0.25) is 0 Å². The highest BCUT2D eigenvalue weighted by atomic mass is 35.6. The molecule has 1 N–H and O–H groups in total. The van der Waals surface area contributed by atoms with Gasteiger partial charge < -0.3 is 10.1 Å². The molecule has 0 heterocycles. The number of benzene rings is 2. The highest BCUT2D eigenvalue weighted by Crippen LogP contribution is 2.40. The van der Waals surface area contributed by atoms with Gasteiger partial charge in [-0.05, 0) is 36.2 Å². The lowest BCUT2D eigenvalue weighted by atomic mass is 10.1. The molecule has 0 saturated carbocycles. The van der Waals surface area contributed by atoms with Crippen molar-refractivity contribution < 1.29 is 4.74 Å². The zero-order valence-corrected chi connectivity index (χ0v) is 15.2. The summed E-state index contributed by atoms with van der Waals surface area (Å²) in [6, 6.07) is 17.3. The lowest BCUT2D eigenvalue weighted by Crippen LogP contribution is -2.32. The number of hydrogen-bond donors (Lipinski definition) is 1. The first-order chi connectivity index (χ1) is 11.0.